The minimum absolute atomic E-state index is 0.170. The van der Waals surface area contributed by atoms with E-state index in [1.165, 1.54) is 12.4 Å². The molecule has 16 heavy (non-hydrogen) atoms. The molecule has 1 unspecified atom stereocenters. The lowest BCUT2D eigenvalue weighted by Crippen LogP contribution is -2.34. The van der Waals surface area contributed by atoms with Crippen molar-refractivity contribution in [3.63, 3.8) is 0 Å². The predicted octanol–water partition coefficient (Wildman–Crippen LogP) is 1.66. The van der Waals surface area contributed by atoms with Gasteiger partial charge in [-0.15, -0.1) is 6.42 Å². The van der Waals surface area contributed by atoms with Gasteiger partial charge in [-0.25, -0.2) is 4.98 Å². The van der Waals surface area contributed by atoms with E-state index in [1.807, 2.05) is 6.92 Å². The van der Waals surface area contributed by atoms with E-state index < -0.39 is 0 Å². The maximum absolute atomic E-state index is 11.7. The van der Waals surface area contributed by atoms with Gasteiger partial charge in [0, 0.05) is 0 Å². The fourth-order valence-corrected chi connectivity index (χ4v) is 1.32. The molecule has 84 valence electrons. The minimum atomic E-state index is -0.355. The molecule has 0 saturated carbocycles. The maximum Gasteiger partial charge on any atom is 0.272 e. The van der Waals surface area contributed by atoms with Crippen LogP contribution in [0.3, 0.4) is 0 Å². The molecule has 1 rings (SSSR count). The number of nitrogens with one attached hydrogen (secondary N) is 1. The Hall–Kier alpha value is -1.60. The summed E-state index contributed by atoms with van der Waals surface area (Å²) in [5, 5.41) is 2.86. The summed E-state index contributed by atoms with van der Waals surface area (Å²) in [7, 11) is 0. The van der Waals surface area contributed by atoms with E-state index in [2.05, 4.69) is 21.2 Å². The fraction of sp³-hybridized carbons (Fsp3) is 0.364. The molecule has 0 aliphatic carbocycles. The number of carbonyl (C=O) groups excluding carboxylic acids is 1. The van der Waals surface area contributed by atoms with Crippen molar-refractivity contribution in [1.29, 1.82) is 0 Å². The predicted molar refractivity (Wildman–Crippen MR) is 62.0 cm³/mol. The van der Waals surface area contributed by atoms with Crippen molar-refractivity contribution in [2.45, 2.75) is 25.8 Å². The van der Waals surface area contributed by atoms with E-state index in [1.54, 1.807) is 0 Å². The van der Waals surface area contributed by atoms with Crippen LogP contribution in [0.15, 0.2) is 12.4 Å². The molecular formula is C11H12ClN3O. The van der Waals surface area contributed by atoms with E-state index >= 15 is 0 Å². The minimum Gasteiger partial charge on any atom is -0.337 e. The first-order valence-corrected chi connectivity index (χ1v) is 5.29. The summed E-state index contributed by atoms with van der Waals surface area (Å²) in [6, 6.07) is -0.279. The van der Waals surface area contributed by atoms with Crippen molar-refractivity contribution < 1.29 is 4.79 Å². The highest BCUT2D eigenvalue weighted by Gasteiger charge is 2.12. The molecule has 0 bridgehead atoms. The molecule has 0 aromatic carbocycles. The highest BCUT2D eigenvalue weighted by atomic mass is 35.5. The molecule has 5 heteroatoms. The summed E-state index contributed by atoms with van der Waals surface area (Å²) in [5.41, 5.74) is 0.170. The van der Waals surface area contributed by atoms with Crippen LogP contribution in [0.5, 0.6) is 0 Å². The van der Waals surface area contributed by atoms with Crippen LogP contribution in [0.1, 0.15) is 30.3 Å². The SMILES string of the molecule is C#CC(CCC)NC(=O)c1cncc(Cl)n1. The smallest absolute Gasteiger partial charge is 0.272 e. The summed E-state index contributed by atoms with van der Waals surface area (Å²) < 4.78 is 0. The number of nitrogens with zero attached hydrogens (tertiary/aromatic N) is 2. The van der Waals surface area contributed by atoms with Crippen LogP contribution in [0.4, 0.5) is 0 Å². The van der Waals surface area contributed by atoms with Crippen molar-refractivity contribution in [2.75, 3.05) is 0 Å². The Bertz CT molecular complexity index is 414. The number of carbonyl (C=O) groups is 1. The van der Waals surface area contributed by atoms with Gasteiger partial charge in [0.15, 0.2) is 0 Å². The first kappa shape index (κ1) is 12.5. The molecule has 1 N–H and O–H groups in total. The third-order valence-corrected chi connectivity index (χ3v) is 2.10. The van der Waals surface area contributed by atoms with Crippen molar-refractivity contribution in [2.24, 2.45) is 0 Å². The summed E-state index contributed by atoms with van der Waals surface area (Å²) >= 11 is 5.63. The third kappa shape index (κ3) is 3.52. The van der Waals surface area contributed by atoms with Gasteiger partial charge in [0.05, 0.1) is 18.4 Å². The molecule has 0 fully saturated rings. The summed E-state index contributed by atoms with van der Waals surface area (Å²) in [5.74, 6) is 2.15. The lowest BCUT2D eigenvalue weighted by atomic mass is 10.2. The molecule has 1 atom stereocenters. The van der Waals surface area contributed by atoms with Crippen molar-refractivity contribution in [3.8, 4) is 12.3 Å². The molecule has 1 aromatic rings. The zero-order valence-electron chi connectivity index (χ0n) is 8.90. The molecule has 0 spiro atoms. The van der Waals surface area contributed by atoms with E-state index in [4.69, 9.17) is 18.0 Å². The largest absolute Gasteiger partial charge is 0.337 e. The van der Waals surface area contributed by atoms with Crippen LogP contribution >= 0.6 is 11.6 Å². The second kappa shape index (κ2) is 6.09. The van der Waals surface area contributed by atoms with Gasteiger partial charge < -0.3 is 5.32 Å². The van der Waals surface area contributed by atoms with Crippen LogP contribution in [-0.2, 0) is 0 Å². The molecule has 1 aromatic heterocycles. The van der Waals surface area contributed by atoms with Gasteiger partial charge in [-0.2, -0.15) is 0 Å². The lowest BCUT2D eigenvalue weighted by molar-refractivity contribution is 0.0939. The zero-order chi connectivity index (χ0) is 12.0. The van der Waals surface area contributed by atoms with Gasteiger partial charge in [0.1, 0.15) is 10.8 Å². The number of terminal acetylenes is 1. The van der Waals surface area contributed by atoms with Crippen LogP contribution in [0.2, 0.25) is 5.15 Å². The lowest BCUT2D eigenvalue weighted by Gasteiger charge is -2.11. The molecule has 1 heterocycles. The zero-order valence-corrected chi connectivity index (χ0v) is 9.66. The van der Waals surface area contributed by atoms with Crippen LogP contribution in [0, 0.1) is 12.3 Å². The molecule has 1 amide bonds. The van der Waals surface area contributed by atoms with E-state index in [-0.39, 0.29) is 22.8 Å². The monoisotopic (exact) mass is 237 g/mol. The molecule has 0 radical (unpaired) electrons. The van der Waals surface area contributed by atoms with E-state index in [0.717, 1.165) is 12.8 Å². The number of rotatable bonds is 4. The molecule has 0 aliphatic heterocycles. The Morgan fingerprint density at radius 1 is 1.69 bits per heavy atom. The Balaban J connectivity index is 2.69. The average Bonchev–Trinajstić information content (AvgIpc) is 2.28. The highest BCUT2D eigenvalue weighted by molar-refractivity contribution is 6.29. The van der Waals surface area contributed by atoms with E-state index in [0.29, 0.717) is 0 Å². The summed E-state index contributed by atoms with van der Waals surface area (Å²) in [4.78, 5) is 19.3. The number of hydrogen-bond acceptors (Lipinski definition) is 3. The Morgan fingerprint density at radius 2 is 2.44 bits per heavy atom. The topological polar surface area (TPSA) is 54.9 Å². The third-order valence-electron chi connectivity index (χ3n) is 1.92. The van der Waals surface area contributed by atoms with Crippen molar-refractivity contribution in [3.05, 3.63) is 23.2 Å². The van der Waals surface area contributed by atoms with Gasteiger partial charge in [-0.1, -0.05) is 30.9 Å². The van der Waals surface area contributed by atoms with E-state index in [9.17, 15) is 4.79 Å². The van der Waals surface area contributed by atoms with Gasteiger partial charge in [0.2, 0.25) is 0 Å². The number of aromatic nitrogens is 2. The van der Waals surface area contributed by atoms with Gasteiger partial charge in [0.25, 0.3) is 5.91 Å². The van der Waals surface area contributed by atoms with Gasteiger partial charge in [-0.3, -0.25) is 9.78 Å². The normalized spacial score (nSPS) is 11.6. The molecule has 4 nitrogen and oxygen atoms in total. The van der Waals surface area contributed by atoms with Gasteiger partial charge in [-0.05, 0) is 6.42 Å². The van der Waals surface area contributed by atoms with Crippen LogP contribution in [-0.4, -0.2) is 21.9 Å². The summed E-state index contributed by atoms with van der Waals surface area (Å²) in [6.07, 6.45) is 9.63. The molecule has 0 aliphatic rings. The average molecular weight is 238 g/mol. The second-order valence-electron chi connectivity index (χ2n) is 3.21. The number of halogens is 1. The Morgan fingerprint density at radius 3 is 3.00 bits per heavy atom. The standard InChI is InChI=1S/C11H12ClN3O/c1-3-5-8(4-2)14-11(16)9-6-13-7-10(12)15-9/h2,6-8H,3,5H2,1H3,(H,14,16). The Labute approximate surface area is 99.4 Å². The first-order chi connectivity index (χ1) is 7.67. The van der Waals surface area contributed by atoms with Crippen molar-refractivity contribution >= 4 is 17.5 Å². The molecule has 0 saturated heterocycles. The number of amides is 1. The summed E-state index contributed by atoms with van der Waals surface area (Å²) in [6.45, 7) is 2.00. The van der Waals surface area contributed by atoms with Gasteiger partial charge >= 0.3 is 0 Å². The Kier molecular flexibility index (Phi) is 4.74. The van der Waals surface area contributed by atoms with Crippen LogP contribution in [0.25, 0.3) is 0 Å². The van der Waals surface area contributed by atoms with Crippen LogP contribution < -0.4 is 5.32 Å². The second-order valence-corrected chi connectivity index (χ2v) is 3.60. The fourth-order valence-electron chi connectivity index (χ4n) is 1.17. The quantitative estimate of drug-likeness (QED) is 0.811. The molecular weight excluding hydrogens is 226 g/mol. The number of hydrogen-bond donors (Lipinski definition) is 1. The maximum atomic E-state index is 11.7. The highest BCUT2D eigenvalue weighted by Crippen LogP contribution is 2.03. The first-order valence-electron chi connectivity index (χ1n) is 4.92. The van der Waals surface area contributed by atoms with Crippen molar-refractivity contribution in [1.82, 2.24) is 15.3 Å².